The normalized spacial score (nSPS) is 10.8. The predicted octanol–water partition coefficient (Wildman–Crippen LogP) is 4.73. The zero-order valence-electron chi connectivity index (χ0n) is 12.2. The van der Waals surface area contributed by atoms with Crippen molar-refractivity contribution >= 4 is 21.7 Å². The second-order valence-corrected chi connectivity index (χ2v) is 5.73. The minimum Gasteiger partial charge on any atom is -0.436 e. The van der Waals surface area contributed by atoms with Gasteiger partial charge in [-0.05, 0) is 25.1 Å². The number of hydrogen-bond acceptors (Lipinski definition) is 4. The molecule has 0 amide bonds. The SMILES string of the molecule is CCNc1cc(Oc2cc(Br)ccc2F)nc(C(C)C)n1. The Hall–Kier alpha value is -1.69. The van der Waals surface area contributed by atoms with Crippen molar-refractivity contribution in [2.45, 2.75) is 26.7 Å². The molecule has 1 aromatic heterocycles. The molecule has 21 heavy (non-hydrogen) atoms. The number of nitrogens with one attached hydrogen (secondary N) is 1. The molecule has 1 aromatic carbocycles. The molecule has 0 bridgehead atoms. The maximum Gasteiger partial charge on any atom is 0.224 e. The van der Waals surface area contributed by atoms with Crippen LogP contribution in [0, 0.1) is 5.82 Å². The molecule has 0 radical (unpaired) electrons. The van der Waals surface area contributed by atoms with Crippen LogP contribution in [0.25, 0.3) is 0 Å². The maximum atomic E-state index is 13.8. The maximum absolute atomic E-state index is 13.8. The van der Waals surface area contributed by atoms with Crippen molar-refractivity contribution in [2.24, 2.45) is 0 Å². The number of rotatable bonds is 5. The van der Waals surface area contributed by atoms with E-state index in [0.29, 0.717) is 17.5 Å². The van der Waals surface area contributed by atoms with Gasteiger partial charge in [0, 0.05) is 23.0 Å². The van der Waals surface area contributed by atoms with Gasteiger partial charge in [-0.1, -0.05) is 29.8 Å². The lowest BCUT2D eigenvalue weighted by Gasteiger charge is -2.12. The van der Waals surface area contributed by atoms with Crippen LogP contribution in [0.3, 0.4) is 0 Å². The lowest BCUT2D eigenvalue weighted by Crippen LogP contribution is -2.06. The van der Waals surface area contributed by atoms with Gasteiger partial charge >= 0.3 is 0 Å². The van der Waals surface area contributed by atoms with Crippen LogP contribution in [-0.4, -0.2) is 16.5 Å². The highest BCUT2D eigenvalue weighted by Crippen LogP contribution is 2.28. The van der Waals surface area contributed by atoms with E-state index in [1.54, 1.807) is 18.2 Å². The average molecular weight is 354 g/mol. The summed E-state index contributed by atoms with van der Waals surface area (Å²) >= 11 is 3.29. The van der Waals surface area contributed by atoms with E-state index in [-0.39, 0.29) is 11.7 Å². The molecule has 1 N–H and O–H groups in total. The van der Waals surface area contributed by atoms with Gasteiger partial charge in [0.15, 0.2) is 11.6 Å². The Balaban J connectivity index is 2.36. The number of aromatic nitrogens is 2. The molecule has 1 heterocycles. The van der Waals surface area contributed by atoms with Crippen LogP contribution < -0.4 is 10.1 Å². The highest BCUT2D eigenvalue weighted by atomic mass is 79.9. The van der Waals surface area contributed by atoms with Crippen LogP contribution in [0.5, 0.6) is 11.6 Å². The summed E-state index contributed by atoms with van der Waals surface area (Å²) in [6.07, 6.45) is 0. The number of halogens is 2. The van der Waals surface area contributed by atoms with E-state index in [1.807, 2.05) is 20.8 Å². The topological polar surface area (TPSA) is 47.0 Å². The van der Waals surface area contributed by atoms with Gasteiger partial charge < -0.3 is 10.1 Å². The van der Waals surface area contributed by atoms with E-state index in [4.69, 9.17) is 4.74 Å². The van der Waals surface area contributed by atoms with Crippen LogP contribution >= 0.6 is 15.9 Å². The van der Waals surface area contributed by atoms with Gasteiger partial charge in [0.2, 0.25) is 5.88 Å². The van der Waals surface area contributed by atoms with Crippen LogP contribution in [0.15, 0.2) is 28.7 Å². The number of nitrogens with zero attached hydrogens (tertiary/aromatic N) is 2. The molecule has 2 aromatic rings. The Kier molecular flexibility index (Phi) is 5.12. The van der Waals surface area contributed by atoms with Crippen LogP contribution in [-0.2, 0) is 0 Å². The first-order chi connectivity index (χ1) is 9.99. The first kappa shape index (κ1) is 15.7. The monoisotopic (exact) mass is 353 g/mol. The highest BCUT2D eigenvalue weighted by Gasteiger charge is 2.11. The Morgan fingerprint density at radius 3 is 2.71 bits per heavy atom. The Morgan fingerprint density at radius 2 is 2.05 bits per heavy atom. The van der Waals surface area contributed by atoms with Crippen LogP contribution in [0.1, 0.15) is 32.5 Å². The van der Waals surface area contributed by atoms with Gasteiger partial charge in [-0.3, -0.25) is 0 Å². The fraction of sp³-hybridized carbons (Fsp3) is 0.333. The fourth-order valence-corrected chi connectivity index (χ4v) is 2.03. The van der Waals surface area contributed by atoms with Gasteiger partial charge in [0.25, 0.3) is 0 Å². The Bertz CT molecular complexity index is 634. The van der Waals surface area contributed by atoms with Crippen LogP contribution in [0.2, 0.25) is 0 Å². The van der Waals surface area contributed by atoms with Gasteiger partial charge in [-0.25, -0.2) is 9.37 Å². The van der Waals surface area contributed by atoms with E-state index in [9.17, 15) is 4.39 Å². The molecule has 0 unspecified atom stereocenters. The highest BCUT2D eigenvalue weighted by molar-refractivity contribution is 9.10. The van der Waals surface area contributed by atoms with Crippen molar-refractivity contribution < 1.29 is 9.13 Å². The third-order valence-electron chi connectivity index (χ3n) is 2.70. The molecule has 6 heteroatoms. The predicted molar refractivity (Wildman–Crippen MR) is 84.5 cm³/mol. The van der Waals surface area contributed by atoms with Gasteiger partial charge in [-0.2, -0.15) is 4.98 Å². The molecule has 0 spiro atoms. The average Bonchev–Trinajstić information content (AvgIpc) is 2.43. The first-order valence-corrected chi connectivity index (χ1v) is 7.54. The summed E-state index contributed by atoms with van der Waals surface area (Å²) in [6, 6.07) is 6.19. The summed E-state index contributed by atoms with van der Waals surface area (Å²) in [5.74, 6) is 1.48. The summed E-state index contributed by atoms with van der Waals surface area (Å²) in [5.41, 5.74) is 0. The Morgan fingerprint density at radius 1 is 1.29 bits per heavy atom. The molecule has 0 saturated heterocycles. The standard InChI is InChI=1S/C15H17BrFN3O/c1-4-18-13-8-14(20-15(19-13)9(2)3)21-12-7-10(16)5-6-11(12)17/h5-9H,4H2,1-3H3,(H,18,19,20). The van der Waals surface area contributed by atoms with Crippen molar-refractivity contribution in [3.05, 3.63) is 40.4 Å². The number of hydrogen-bond donors (Lipinski definition) is 1. The zero-order chi connectivity index (χ0) is 15.4. The van der Waals surface area contributed by atoms with Gasteiger partial charge in [0.05, 0.1) is 0 Å². The van der Waals surface area contributed by atoms with Gasteiger partial charge in [-0.15, -0.1) is 0 Å². The number of anilines is 1. The minimum absolute atomic E-state index is 0.125. The van der Waals surface area contributed by atoms with E-state index >= 15 is 0 Å². The minimum atomic E-state index is -0.437. The quantitative estimate of drug-likeness (QED) is 0.844. The molecular formula is C15H17BrFN3O. The summed E-state index contributed by atoms with van der Waals surface area (Å²) in [6.45, 7) is 6.70. The largest absolute Gasteiger partial charge is 0.436 e. The molecule has 0 aliphatic rings. The summed E-state index contributed by atoms with van der Waals surface area (Å²) in [4.78, 5) is 8.72. The van der Waals surface area contributed by atoms with Crippen molar-refractivity contribution in [2.75, 3.05) is 11.9 Å². The molecular weight excluding hydrogens is 337 g/mol. The summed E-state index contributed by atoms with van der Waals surface area (Å²) < 4.78 is 20.1. The van der Waals surface area contributed by atoms with Crippen molar-refractivity contribution in [1.29, 1.82) is 0 Å². The molecule has 4 nitrogen and oxygen atoms in total. The molecule has 0 aliphatic heterocycles. The van der Waals surface area contributed by atoms with E-state index in [1.165, 1.54) is 6.07 Å². The lowest BCUT2D eigenvalue weighted by atomic mass is 10.2. The summed E-state index contributed by atoms with van der Waals surface area (Å²) in [7, 11) is 0. The second kappa shape index (κ2) is 6.85. The smallest absolute Gasteiger partial charge is 0.224 e. The lowest BCUT2D eigenvalue weighted by molar-refractivity contribution is 0.423. The van der Waals surface area contributed by atoms with E-state index in [0.717, 1.165) is 11.0 Å². The third kappa shape index (κ3) is 4.14. The number of ether oxygens (including phenoxy) is 1. The number of benzene rings is 1. The van der Waals surface area contributed by atoms with Crippen molar-refractivity contribution in [3.8, 4) is 11.6 Å². The van der Waals surface area contributed by atoms with E-state index < -0.39 is 5.82 Å². The second-order valence-electron chi connectivity index (χ2n) is 4.81. The fourth-order valence-electron chi connectivity index (χ4n) is 1.69. The zero-order valence-corrected chi connectivity index (χ0v) is 13.7. The molecule has 0 atom stereocenters. The third-order valence-corrected chi connectivity index (χ3v) is 3.20. The first-order valence-electron chi connectivity index (χ1n) is 6.75. The van der Waals surface area contributed by atoms with Crippen molar-refractivity contribution in [1.82, 2.24) is 9.97 Å². The van der Waals surface area contributed by atoms with Crippen LogP contribution in [0.4, 0.5) is 10.2 Å². The molecule has 0 aliphatic carbocycles. The molecule has 112 valence electrons. The molecule has 0 fully saturated rings. The Labute approximate surface area is 131 Å². The summed E-state index contributed by atoms with van der Waals surface area (Å²) in [5, 5.41) is 3.12. The van der Waals surface area contributed by atoms with Gasteiger partial charge in [0.1, 0.15) is 11.6 Å². The van der Waals surface area contributed by atoms with E-state index in [2.05, 4.69) is 31.2 Å². The molecule has 0 saturated carbocycles. The molecule has 2 rings (SSSR count). The van der Waals surface area contributed by atoms with Crippen molar-refractivity contribution in [3.63, 3.8) is 0 Å².